The summed E-state index contributed by atoms with van der Waals surface area (Å²) in [7, 11) is 0. The minimum atomic E-state index is 0.190. The molecule has 0 aliphatic heterocycles. The molecule has 0 spiro atoms. The van der Waals surface area contributed by atoms with Gasteiger partial charge < -0.3 is 5.32 Å². The summed E-state index contributed by atoms with van der Waals surface area (Å²) in [5.41, 5.74) is 3.55. The second-order valence-corrected chi connectivity index (χ2v) is 7.08. The van der Waals surface area contributed by atoms with Crippen LogP contribution in [0.1, 0.15) is 36.3 Å². The lowest BCUT2D eigenvalue weighted by Gasteiger charge is -2.55. The fourth-order valence-electron chi connectivity index (χ4n) is 4.66. The number of carbonyl (C=O) groups excluding carboxylic acids is 1. The Morgan fingerprint density at radius 1 is 0.957 bits per heavy atom. The van der Waals surface area contributed by atoms with E-state index >= 15 is 0 Å². The standard InChI is InChI=1S/C21H23NO/c1-14-10-12-16(13-11-14)22-21(23)20-17-8-5-9-18(20)19(17)15-6-3-2-4-7-15/h2-4,6-7,10-13,17-20H,5,8-9H2,1H3,(H,22,23)/t17-,18-,19?,20?/m1/s1. The third kappa shape index (κ3) is 2.56. The number of fused-ring (bicyclic) bond motifs is 2. The molecule has 2 saturated carbocycles. The van der Waals surface area contributed by atoms with Crippen LogP contribution < -0.4 is 5.32 Å². The third-order valence-corrected chi connectivity index (χ3v) is 5.73. The van der Waals surface area contributed by atoms with E-state index < -0.39 is 0 Å². The average molecular weight is 305 g/mol. The highest BCUT2D eigenvalue weighted by atomic mass is 16.2. The summed E-state index contributed by atoms with van der Waals surface area (Å²) in [4.78, 5) is 12.8. The van der Waals surface area contributed by atoms with Crippen LogP contribution in [0.2, 0.25) is 0 Å². The van der Waals surface area contributed by atoms with Crippen LogP contribution in [-0.2, 0) is 4.79 Å². The summed E-state index contributed by atoms with van der Waals surface area (Å²) in [6.07, 6.45) is 3.64. The molecule has 0 aromatic heterocycles. The smallest absolute Gasteiger partial charge is 0.228 e. The van der Waals surface area contributed by atoms with E-state index in [9.17, 15) is 4.79 Å². The highest BCUT2D eigenvalue weighted by Crippen LogP contribution is 2.60. The van der Waals surface area contributed by atoms with Gasteiger partial charge in [-0.2, -0.15) is 0 Å². The summed E-state index contributed by atoms with van der Waals surface area (Å²) in [6.45, 7) is 2.06. The van der Waals surface area contributed by atoms with Gasteiger partial charge in [0, 0.05) is 11.6 Å². The van der Waals surface area contributed by atoms with Crippen LogP contribution in [0.4, 0.5) is 5.69 Å². The van der Waals surface area contributed by atoms with Crippen LogP contribution >= 0.6 is 0 Å². The van der Waals surface area contributed by atoms with Gasteiger partial charge in [-0.15, -0.1) is 0 Å². The number of rotatable bonds is 3. The number of hydrogen-bond donors (Lipinski definition) is 1. The van der Waals surface area contributed by atoms with Gasteiger partial charge >= 0.3 is 0 Å². The van der Waals surface area contributed by atoms with Gasteiger partial charge in [-0.05, 0) is 55.2 Å². The van der Waals surface area contributed by atoms with Crippen molar-refractivity contribution in [2.24, 2.45) is 17.8 Å². The molecule has 1 amide bonds. The fraction of sp³-hybridized carbons (Fsp3) is 0.381. The lowest BCUT2D eigenvalue weighted by molar-refractivity contribution is -0.135. The first-order valence-electron chi connectivity index (χ1n) is 8.66. The Balaban J connectivity index is 1.50. The van der Waals surface area contributed by atoms with Crippen molar-refractivity contribution in [3.05, 3.63) is 65.7 Å². The van der Waals surface area contributed by atoms with Crippen molar-refractivity contribution in [3.63, 3.8) is 0 Å². The fourth-order valence-corrected chi connectivity index (χ4v) is 4.66. The van der Waals surface area contributed by atoms with Crippen LogP contribution in [0, 0.1) is 24.7 Å². The minimum absolute atomic E-state index is 0.190. The molecule has 2 nitrogen and oxygen atoms in total. The van der Waals surface area contributed by atoms with Gasteiger partial charge in [0.2, 0.25) is 5.91 Å². The zero-order valence-electron chi connectivity index (χ0n) is 13.5. The van der Waals surface area contributed by atoms with E-state index in [1.807, 2.05) is 24.3 Å². The Morgan fingerprint density at radius 3 is 2.26 bits per heavy atom. The van der Waals surface area contributed by atoms with Gasteiger partial charge in [0.1, 0.15) is 0 Å². The Bertz CT molecular complexity index is 680. The number of aryl methyl sites for hydroxylation is 1. The molecule has 2 bridgehead atoms. The number of hydrogen-bond acceptors (Lipinski definition) is 1. The predicted molar refractivity (Wildman–Crippen MR) is 93.3 cm³/mol. The molecule has 0 heterocycles. The molecule has 2 aliphatic rings. The topological polar surface area (TPSA) is 29.1 Å². The quantitative estimate of drug-likeness (QED) is 0.870. The Kier molecular flexibility index (Phi) is 3.68. The summed E-state index contributed by atoms with van der Waals surface area (Å²) >= 11 is 0. The van der Waals surface area contributed by atoms with Crippen molar-refractivity contribution in [1.29, 1.82) is 0 Å². The van der Waals surface area contributed by atoms with E-state index in [1.165, 1.54) is 30.4 Å². The van der Waals surface area contributed by atoms with Gasteiger partial charge in [-0.25, -0.2) is 0 Å². The highest BCUT2D eigenvalue weighted by molar-refractivity contribution is 5.94. The van der Waals surface area contributed by atoms with Crippen molar-refractivity contribution >= 4 is 11.6 Å². The molecule has 0 saturated heterocycles. The molecule has 2 fully saturated rings. The van der Waals surface area contributed by atoms with E-state index in [2.05, 4.69) is 42.6 Å². The summed E-state index contributed by atoms with van der Waals surface area (Å²) < 4.78 is 0. The van der Waals surface area contributed by atoms with Crippen molar-refractivity contribution in [1.82, 2.24) is 0 Å². The Morgan fingerprint density at radius 2 is 1.61 bits per heavy atom. The molecular formula is C21H23NO. The van der Waals surface area contributed by atoms with Crippen LogP contribution in [0.3, 0.4) is 0 Å². The second-order valence-electron chi connectivity index (χ2n) is 7.08. The van der Waals surface area contributed by atoms with E-state index in [1.54, 1.807) is 0 Å². The van der Waals surface area contributed by atoms with Gasteiger partial charge in [0.05, 0.1) is 0 Å². The molecule has 0 unspecified atom stereocenters. The van der Waals surface area contributed by atoms with E-state index in [-0.39, 0.29) is 11.8 Å². The van der Waals surface area contributed by atoms with Gasteiger partial charge in [-0.3, -0.25) is 4.79 Å². The predicted octanol–water partition coefficient (Wildman–Crippen LogP) is 4.76. The van der Waals surface area contributed by atoms with Crippen LogP contribution in [-0.4, -0.2) is 5.91 Å². The first-order valence-corrected chi connectivity index (χ1v) is 8.66. The number of amides is 1. The summed E-state index contributed by atoms with van der Waals surface area (Å²) in [5, 5.41) is 3.13. The lowest BCUT2D eigenvalue weighted by atomic mass is 9.48. The maximum absolute atomic E-state index is 12.8. The summed E-state index contributed by atoms with van der Waals surface area (Å²) in [6, 6.07) is 18.8. The van der Waals surface area contributed by atoms with Crippen molar-refractivity contribution < 1.29 is 4.79 Å². The van der Waals surface area contributed by atoms with Gasteiger partial charge in [0.25, 0.3) is 0 Å². The molecule has 2 heteroatoms. The van der Waals surface area contributed by atoms with E-state index in [4.69, 9.17) is 0 Å². The monoisotopic (exact) mass is 305 g/mol. The molecule has 2 aromatic carbocycles. The summed E-state index contributed by atoms with van der Waals surface area (Å²) in [5.74, 6) is 2.02. The highest BCUT2D eigenvalue weighted by Gasteiger charge is 2.55. The second kappa shape index (κ2) is 5.84. The minimum Gasteiger partial charge on any atom is -0.326 e. The number of benzene rings is 2. The average Bonchev–Trinajstić information content (AvgIpc) is 2.58. The Labute approximate surface area is 137 Å². The van der Waals surface area contributed by atoms with Crippen molar-refractivity contribution in [2.45, 2.75) is 32.1 Å². The van der Waals surface area contributed by atoms with E-state index in [0.29, 0.717) is 17.8 Å². The van der Waals surface area contributed by atoms with Crippen molar-refractivity contribution in [3.8, 4) is 0 Å². The zero-order valence-corrected chi connectivity index (χ0v) is 13.5. The lowest BCUT2D eigenvalue weighted by Crippen LogP contribution is -2.53. The molecule has 2 atom stereocenters. The largest absolute Gasteiger partial charge is 0.326 e. The maximum Gasteiger partial charge on any atom is 0.228 e. The van der Waals surface area contributed by atoms with Crippen LogP contribution in [0.15, 0.2) is 54.6 Å². The van der Waals surface area contributed by atoms with Crippen LogP contribution in [0.25, 0.3) is 0 Å². The SMILES string of the molecule is Cc1ccc(NC(=O)C2[C@@H]3CCC[C@@H]2C3c2ccccc2)cc1. The number of carbonyl (C=O) groups is 1. The molecular weight excluding hydrogens is 282 g/mol. The molecule has 118 valence electrons. The third-order valence-electron chi connectivity index (χ3n) is 5.73. The van der Waals surface area contributed by atoms with Crippen molar-refractivity contribution in [2.75, 3.05) is 5.32 Å². The van der Waals surface area contributed by atoms with Gasteiger partial charge in [-0.1, -0.05) is 54.4 Å². The molecule has 1 N–H and O–H groups in total. The first kappa shape index (κ1) is 14.5. The maximum atomic E-state index is 12.8. The zero-order chi connectivity index (χ0) is 15.8. The molecule has 23 heavy (non-hydrogen) atoms. The molecule has 2 aliphatic carbocycles. The molecule has 4 rings (SSSR count). The first-order chi connectivity index (χ1) is 11.2. The van der Waals surface area contributed by atoms with E-state index in [0.717, 1.165) is 5.69 Å². The Hall–Kier alpha value is -2.09. The molecule has 2 aromatic rings. The van der Waals surface area contributed by atoms with Gasteiger partial charge in [0.15, 0.2) is 0 Å². The van der Waals surface area contributed by atoms with Crippen LogP contribution in [0.5, 0.6) is 0 Å². The normalized spacial score (nSPS) is 28.7. The number of nitrogens with one attached hydrogen (secondary N) is 1. The molecule has 0 radical (unpaired) electrons. The number of anilines is 1.